The van der Waals surface area contributed by atoms with Gasteiger partial charge < -0.3 is 15.0 Å². The SMILES string of the molecule is CC1CN(C(=O)c2cc3c(F)cc(Br)cc3[nH]2)CCC1C(=O)O. The highest BCUT2D eigenvalue weighted by atomic mass is 79.9. The minimum absolute atomic E-state index is 0.111. The van der Waals surface area contributed by atoms with Crippen molar-refractivity contribution >= 4 is 38.7 Å². The summed E-state index contributed by atoms with van der Waals surface area (Å²) in [7, 11) is 0. The van der Waals surface area contributed by atoms with E-state index in [1.165, 1.54) is 12.1 Å². The fraction of sp³-hybridized carbons (Fsp3) is 0.375. The van der Waals surface area contributed by atoms with E-state index in [1.54, 1.807) is 11.0 Å². The summed E-state index contributed by atoms with van der Waals surface area (Å²) >= 11 is 3.22. The molecule has 1 aromatic carbocycles. The lowest BCUT2D eigenvalue weighted by Gasteiger charge is -2.34. The molecule has 7 heteroatoms. The average molecular weight is 383 g/mol. The van der Waals surface area contributed by atoms with Crippen molar-refractivity contribution < 1.29 is 19.1 Å². The van der Waals surface area contributed by atoms with Crippen molar-refractivity contribution in [2.45, 2.75) is 13.3 Å². The Labute approximate surface area is 140 Å². The van der Waals surface area contributed by atoms with E-state index in [0.29, 0.717) is 40.6 Å². The van der Waals surface area contributed by atoms with Gasteiger partial charge in [-0.05, 0) is 30.5 Å². The van der Waals surface area contributed by atoms with Crippen LogP contribution >= 0.6 is 15.9 Å². The molecular weight excluding hydrogens is 367 g/mol. The fourth-order valence-electron chi connectivity index (χ4n) is 3.14. The van der Waals surface area contributed by atoms with Crippen LogP contribution in [0.3, 0.4) is 0 Å². The second-order valence-electron chi connectivity index (χ2n) is 5.99. The summed E-state index contributed by atoms with van der Waals surface area (Å²) in [6.07, 6.45) is 0.433. The first-order chi connectivity index (χ1) is 10.9. The lowest BCUT2D eigenvalue weighted by molar-refractivity contribution is -0.145. The number of aliphatic carboxylic acids is 1. The number of aromatic amines is 1. The van der Waals surface area contributed by atoms with Crippen LogP contribution in [0.5, 0.6) is 0 Å². The van der Waals surface area contributed by atoms with Gasteiger partial charge in [-0.3, -0.25) is 9.59 Å². The maximum atomic E-state index is 13.9. The maximum absolute atomic E-state index is 13.9. The number of amides is 1. The number of H-pyrrole nitrogens is 1. The zero-order valence-electron chi connectivity index (χ0n) is 12.5. The minimum atomic E-state index is -0.817. The number of nitrogens with one attached hydrogen (secondary N) is 1. The lowest BCUT2D eigenvalue weighted by Crippen LogP contribution is -2.45. The topological polar surface area (TPSA) is 73.4 Å². The Morgan fingerprint density at radius 3 is 2.78 bits per heavy atom. The van der Waals surface area contributed by atoms with Crippen molar-refractivity contribution in [3.8, 4) is 0 Å². The van der Waals surface area contributed by atoms with E-state index in [1.807, 2.05) is 6.92 Å². The van der Waals surface area contributed by atoms with E-state index < -0.39 is 17.7 Å². The van der Waals surface area contributed by atoms with Crippen LogP contribution in [0.1, 0.15) is 23.8 Å². The molecule has 2 aromatic rings. The molecule has 5 nitrogen and oxygen atoms in total. The van der Waals surface area contributed by atoms with Gasteiger partial charge in [-0.15, -0.1) is 0 Å². The number of carboxylic acid groups (broad SMARTS) is 1. The molecule has 122 valence electrons. The highest BCUT2D eigenvalue weighted by Gasteiger charge is 2.33. The number of hydrogen-bond donors (Lipinski definition) is 2. The summed E-state index contributed by atoms with van der Waals surface area (Å²) in [6.45, 7) is 2.61. The number of halogens is 2. The third kappa shape index (κ3) is 2.97. The number of carbonyl (C=O) groups excluding carboxylic acids is 1. The summed E-state index contributed by atoms with van der Waals surface area (Å²) in [5.41, 5.74) is 0.867. The minimum Gasteiger partial charge on any atom is -0.481 e. The number of hydrogen-bond acceptors (Lipinski definition) is 2. The zero-order valence-corrected chi connectivity index (χ0v) is 14.1. The van der Waals surface area contributed by atoms with Crippen LogP contribution in [0, 0.1) is 17.7 Å². The van der Waals surface area contributed by atoms with Gasteiger partial charge in [0.1, 0.15) is 11.5 Å². The summed E-state index contributed by atoms with van der Waals surface area (Å²) in [4.78, 5) is 28.3. The van der Waals surface area contributed by atoms with Crippen molar-refractivity contribution in [1.82, 2.24) is 9.88 Å². The molecule has 0 aliphatic carbocycles. The third-order valence-electron chi connectivity index (χ3n) is 4.39. The Balaban J connectivity index is 1.84. The van der Waals surface area contributed by atoms with E-state index in [2.05, 4.69) is 20.9 Å². The first kappa shape index (κ1) is 16.0. The number of fused-ring (bicyclic) bond motifs is 1. The monoisotopic (exact) mass is 382 g/mol. The van der Waals surface area contributed by atoms with E-state index in [9.17, 15) is 14.0 Å². The quantitative estimate of drug-likeness (QED) is 0.836. The zero-order chi connectivity index (χ0) is 16.7. The Hall–Kier alpha value is -1.89. The molecule has 1 amide bonds. The molecule has 2 heterocycles. The fourth-order valence-corrected chi connectivity index (χ4v) is 3.57. The highest BCUT2D eigenvalue weighted by molar-refractivity contribution is 9.10. The molecule has 1 fully saturated rings. The van der Waals surface area contributed by atoms with Crippen LogP contribution in [0.2, 0.25) is 0 Å². The molecule has 2 atom stereocenters. The van der Waals surface area contributed by atoms with Crippen LogP contribution in [-0.2, 0) is 4.79 Å². The van der Waals surface area contributed by atoms with Crippen LogP contribution in [0.25, 0.3) is 10.9 Å². The van der Waals surface area contributed by atoms with Gasteiger partial charge >= 0.3 is 5.97 Å². The predicted octanol–water partition coefficient (Wildman–Crippen LogP) is 3.25. The van der Waals surface area contributed by atoms with Crippen LogP contribution in [0.4, 0.5) is 4.39 Å². The van der Waals surface area contributed by atoms with E-state index in [4.69, 9.17) is 5.11 Å². The van der Waals surface area contributed by atoms with Gasteiger partial charge in [-0.1, -0.05) is 22.9 Å². The number of nitrogens with zero attached hydrogens (tertiary/aromatic N) is 1. The predicted molar refractivity (Wildman–Crippen MR) is 86.8 cm³/mol. The van der Waals surface area contributed by atoms with E-state index in [0.717, 1.165) is 0 Å². The average Bonchev–Trinajstić information content (AvgIpc) is 2.90. The Morgan fingerprint density at radius 1 is 1.39 bits per heavy atom. The van der Waals surface area contributed by atoms with Gasteiger partial charge in [0.15, 0.2) is 0 Å². The largest absolute Gasteiger partial charge is 0.481 e. The van der Waals surface area contributed by atoms with Crippen molar-refractivity contribution in [1.29, 1.82) is 0 Å². The molecule has 1 aromatic heterocycles. The molecule has 1 aliphatic rings. The van der Waals surface area contributed by atoms with Crippen molar-refractivity contribution in [3.05, 3.63) is 34.2 Å². The molecule has 3 rings (SSSR count). The number of aromatic nitrogens is 1. The molecule has 23 heavy (non-hydrogen) atoms. The number of rotatable bonds is 2. The molecule has 0 bridgehead atoms. The number of carboxylic acids is 1. The standard InChI is InChI=1S/C16H16BrFN2O3/c1-8-7-20(3-2-10(8)16(22)23)15(21)14-6-11-12(18)4-9(17)5-13(11)19-14/h4-6,8,10,19H,2-3,7H2,1H3,(H,22,23). The lowest BCUT2D eigenvalue weighted by atomic mass is 9.87. The Bertz CT molecular complexity index is 789. The normalized spacial score (nSPS) is 21.6. The van der Waals surface area contributed by atoms with Crippen molar-refractivity contribution in [2.24, 2.45) is 11.8 Å². The van der Waals surface area contributed by atoms with Gasteiger partial charge in [0.2, 0.25) is 0 Å². The van der Waals surface area contributed by atoms with Gasteiger partial charge in [-0.2, -0.15) is 0 Å². The molecule has 0 saturated carbocycles. The van der Waals surface area contributed by atoms with Crippen LogP contribution in [-0.4, -0.2) is 40.0 Å². The molecule has 2 unspecified atom stereocenters. The van der Waals surface area contributed by atoms with Gasteiger partial charge in [0.05, 0.1) is 11.4 Å². The molecule has 0 radical (unpaired) electrons. The van der Waals surface area contributed by atoms with Gasteiger partial charge in [0, 0.05) is 22.9 Å². The summed E-state index contributed by atoms with van der Waals surface area (Å²) < 4.78 is 14.5. The van der Waals surface area contributed by atoms with Gasteiger partial charge in [0.25, 0.3) is 5.91 Å². The van der Waals surface area contributed by atoms with E-state index in [-0.39, 0.29) is 11.8 Å². The number of carbonyl (C=O) groups is 2. The van der Waals surface area contributed by atoms with Crippen molar-refractivity contribution in [3.63, 3.8) is 0 Å². The summed E-state index contributed by atoms with van der Waals surface area (Å²) in [5, 5.41) is 9.51. The van der Waals surface area contributed by atoms with Crippen LogP contribution in [0.15, 0.2) is 22.7 Å². The first-order valence-electron chi connectivity index (χ1n) is 7.36. The van der Waals surface area contributed by atoms with Gasteiger partial charge in [-0.25, -0.2) is 4.39 Å². The van der Waals surface area contributed by atoms with Crippen LogP contribution < -0.4 is 0 Å². The Morgan fingerprint density at radius 2 is 2.13 bits per heavy atom. The van der Waals surface area contributed by atoms with Crippen molar-refractivity contribution in [2.75, 3.05) is 13.1 Å². The summed E-state index contributed by atoms with van der Waals surface area (Å²) in [6, 6.07) is 4.58. The van der Waals surface area contributed by atoms with E-state index >= 15 is 0 Å². The highest BCUT2D eigenvalue weighted by Crippen LogP contribution is 2.27. The Kier molecular flexibility index (Phi) is 4.14. The smallest absolute Gasteiger partial charge is 0.306 e. The molecular formula is C16H16BrFN2O3. The molecule has 1 aliphatic heterocycles. The molecule has 2 N–H and O–H groups in total. The second kappa shape index (κ2) is 5.96. The molecule has 1 saturated heterocycles. The number of likely N-dealkylation sites (tertiary alicyclic amines) is 1. The number of piperidine rings is 1. The molecule has 0 spiro atoms. The number of benzene rings is 1. The first-order valence-corrected chi connectivity index (χ1v) is 8.16. The second-order valence-corrected chi connectivity index (χ2v) is 6.91. The maximum Gasteiger partial charge on any atom is 0.306 e. The third-order valence-corrected chi connectivity index (χ3v) is 4.85. The summed E-state index contributed by atoms with van der Waals surface area (Å²) in [5.74, 6) is -1.98.